The maximum atomic E-state index is 15.6. The Hall–Kier alpha value is -2.47. The smallest absolute Gasteiger partial charge is 0.197 e. The highest BCUT2D eigenvalue weighted by molar-refractivity contribution is 6.03. The highest BCUT2D eigenvalue weighted by Gasteiger charge is 2.43. The highest BCUT2D eigenvalue weighted by Crippen LogP contribution is 2.43. The summed E-state index contributed by atoms with van der Waals surface area (Å²) in [7, 11) is 2.77. The number of likely N-dealkylation sites (tertiary alicyclic amines) is 1. The molecular weight excluding hydrogens is 388 g/mol. The molecule has 0 spiro atoms. The van der Waals surface area contributed by atoms with Gasteiger partial charge in [-0.25, -0.2) is 8.78 Å². The Bertz CT molecular complexity index is 924. The number of hydrogen-bond donors (Lipinski definition) is 0. The van der Waals surface area contributed by atoms with Crippen LogP contribution in [0.3, 0.4) is 0 Å². The number of nitrogens with zero attached hydrogens (tertiary/aromatic N) is 1. The lowest BCUT2D eigenvalue weighted by Crippen LogP contribution is -2.42. The van der Waals surface area contributed by atoms with E-state index in [0.717, 1.165) is 6.54 Å². The Labute approximate surface area is 175 Å². The van der Waals surface area contributed by atoms with E-state index in [4.69, 9.17) is 9.47 Å². The van der Waals surface area contributed by atoms with E-state index in [0.29, 0.717) is 37.9 Å². The van der Waals surface area contributed by atoms with Crippen LogP contribution in [0, 0.1) is 11.7 Å². The first-order chi connectivity index (χ1) is 14.4. The molecule has 2 aromatic rings. The molecule has 0 bridgehead atoms. The third kappa shape index (κ3) is 3.93. The minimum Gasteiger partial charge on any atom is -0.493 e. The molecule has 1 fully saturated rings. The van der Waals surface area contributed by atoms with Crippen molar-refractivity contribution in [2.75, 3.05) is 27.3 Å². The van der Waals surface area contributed by atoms with Crippen molar-refractivity contribution in [1.29, 1.82) is 0 Å². The fourth-order valence-corrected chi connectivity index (χ4v) is 4.75. The van der Waals surface area contributed by atoms with E-state index >= 15 is 4.39 Å². The van der Waals surface area contributed by atoms with Gasteiger partial charge in [0.1, 0.15) is 5.67 Å². The van der Waals surface area contributed by atoms with Crippen LogP contribution in [-0.4, -0.2) is 43.7 Å². The van der Waals surface area contributed by atoms with Gasteiger partial charge in [0.15, 0.2) is 23.1 Å². The third-order valence-corrected chi connectivity index (χ3v) is 6.39. The Morgan fingerprint density at radius 1 is 1.13 bits per heavy atom. The maximum absolute atomic E-state index is 15.6. The number of methoxy groups -OCH3 is 2. The van der Waals surface area contributed by atoms with Crippen LogP contribution >= 0.6 is 0 Å². The molecule has 1 aliphatic carbocycles. The van der Waals surface area contributed by atoms with Gasteiger partial charge in [-0.05, 0) is 42.9 Å². The van der Waals surface area contributed by atoms with Gasteiger partial charge in [-0.2, -0.15) is 0 Å². The number of halogens is 2. The van der Waals surface area contributed by atoms with Crippen molar-refractivity contribution in [3.05, 3.63) is 58.9 Å². The van der Waals surface area contributed by atoms with Gasteiger partial charge in [0, 0.05) is 25.6 Å². The third-order valence-electron chi connectivity index (χ3n) is 6.39. The molecule has 0 saturated carbocycles. The van der Waals surface area contributed by atoms with Gasteiger partial charge in [-0.3, -0.25) is 9.69 Å². The summed E-state index contributed by atoms with van der Waals surface area (Å²) in [6.45, 7) is 2.10. The largest absolute Gasteiger partial charge is 0.493 e. The standard InChI is InChI=1S/C24H27F2NO3/c1-29-19-13-17-12-18(22(28)20(17)21(25)23(19)30-2)14-24(26)8-10-27(11-9-24)15-16-6-4-3-5-7-16/h3-7,13,18H,8-12,14-15H2,1-2H3. The first-order valence-electron chi connectivity index (χ1n) is 10.4. The quantitative estimate of drug-likeness (QED) is 0.692. The van der Waals surface area contributed by atoms with Crippen molar-refractivity contribution < 1.29 is 23.0 Å². The summed E-state index contributed by atoms with van der Waals surface area (Å²) in [5.41, 5.74) is 0.414. The van der Waals surface area contributed by atoms with Crippen LogP contribution in [0.1, 0.15) is 40.7 Å². The molecule has 30 heavy (non-hydrogen) atoms. The van der Waals surface area contributed by atoms with Crippen molar-refractivity contribution in [3.8, 4) is 11.5 Å². The zero-order valence-corrected chi connectivity index (χ0v) is 17.4. The van der Waals surface area contributed by atoms with E-state index in [1.54, 1.807) is 6.07 Å². The zero-order chi connectivity index (χ0) is 21.3. The molecule has 1 aliphatic heterocycles. The number of carbonyl (C=O) groups excluding carboxylic acids is 1. The molecular formula is C24H27F2NO3. The van der Waals surface area contributed by atoms with Crippen molar-refractivity contribution in [2.45, 2.75) is 37.9 Å². The topological polar surface area (TPSA) is 38.8 Å². The normalized spacial score (nSPS) is 20.8. The monoisotopic (exact) mass is 415 g/mol. The van der Waals surface area contributed by atoms with Crippen LogP contribution in [0.25, 0.3) is 0 Å². The average molecular weight is 415 g/mol. The zero-order valence-electron chi connectivity index (χ0n) is 17.4. The average Bonchev–Trinajstić information content (AvgIpc) is 3.05. The number of fused-ring (bicyclic) bond motifs is 1. The van der Waals surface area contributed by atoms with Crippen molar-refractivity contribution in [1.82, 2.24) is 4.90 Å². The summed E-state index contributed by atoms with van der Waals surface area (Å²) in [6, 6.07) is 11.8. The number of carbonyl (C=O) groups is 1. The maximum Gasteiger partial charge on any atom is 0.197 e. The van der Waals surface area contributed by atoms with E-state index in [-0.39, 0.29) is 29.3 Å². The van der Waals surface area contributed by atoms with Gasteiger partial charge in [0.05, 0.1) is 19.8 Å². The van der Waals surface area contributed by atoms with E-state index < -0.39 is 17.4 Å². The van der Waals surface area contributed by atoms with Crippen LogP contribution in [0.5, 0.6) is 11.5 Å². The Kier molecular flexibility index (Phi) is 5.78. The lowest BCUT2D eigenvalue weighted by atomic mass is 9.82. The molecule has 1 unspecified atom stereocenters. The van der Waals surface area contributed by atoms with Crippen LogP contribution in [0.4, 0.5) is 8.78 Å². The van der Waals surface area contributed by atoms with E-state index in [2.05, 4.69) is 17.0 Å². The lowest BCUT2D eigenvalue weighted by Gasteiger charge is -2.37. The molecule has 6 heteroatoms. The molecule has 0 N–H and O–H groups in total. The summed E-state index contributed by atoms with van der Waals surface area (Å²) >= 11 is 0. The van der Waals surface area contributed by atoms with Crippen LogP contribution in [-0.2, 0) is 13.0 Å². The van der Waals surface area contributed by atoms with Crippen molar-refractivity contribution >= 4 is 5.78 Å². The van der Waals surface area contributed by atoms with E-state index in [1.807, 2.05) is 18.2 Å². The summed E-state index contributed by atoms with van der Waals surface area (Å²) in [5, 5.41) is 0. The predicted octanol–water partition coefficient (Wildman–Crippen LogP) is 4.59. The fourth-order valence-electron chi connectivity index (χ4n) is 4.75. The Morgan fingerprint density at radius 2 is 1.83 bits per heavy atom. The number of piperidine rings is 1. The molecule has 2 aromatic carbocycles. The molecule has 160 valence electrons. The summed E-state index contributed by atoms with van der Waals surface area (Å²) in [5.74, 6) is -1.39. The second kappa shape index (κ2) is 8.34. The second-order valence-electron chi connectivity index (χ2n) is 8.34. The van der Waals surface area contributed by atoms with Crippen molar-refractivity contribution in [2.24, 2.45) is 5.92 Å². The number of ketones is 1. The number of ether oxygens (including phenoxy) is 2. The highest BCUT2D eigenvalue weighted by atomic mass is 19.1. The number of hydrogen-bond acceptors (Lipinski definition) is 4. The fraction of sp³-hybridized carbons (Fsp3) is 0.458. The minimum absolute atomic E-state index is 0.0303. The molecule has 2 aliphatic rings. The summed E-state index contributed by atoms with van der Waals surface area (Å²) in [6.07, 6.45) is 1.23. The number of rotatable bonds is 6. The predicted molar refractivity (Wildman–Crippen MR) is 110 cm³/mol. The van der Waals surface area contributed by atoms with E-state index in [1.165, 1.54) is 19.8 Å². The summed E-state index contributed by atoms with van der Waals surface area (Å²) < 4.78 is 40.7. The van der Waals surface area contributed by atoms with Crippen LogP contribution < -0.4 is 9.47 Å². The minimum atomic E-state index is -1.40. The van der Waals surface area contributed by atoms with Crippen LogP contribution in [0.2, 0.25) is 0 Å². The molecule has 0 radical (unpaired) electrons. The molecule has 1 atom stereocenters. The lowest BCUT2D eigenvalue weighted by molar-refractivity contribution is 0.0335. The first-order valence-corrected chi connectivity index (χ1v) is 10.4. The van der Waals surface area contributed by atoms with Gasteiger partial charge in [-0.1, -0.05) is 30.3 Å². The molecule has 0 aromatic heterocycles. The van der Waals surface area contributed by atoms with Gasteiger partial charge >= 0.3 is 0 Å². The molecule has 0 amide bonds. The van der Waals surface area contributed by atoms with Crippen molar-refractivity contribution in [3.63, 3.8) is 0 Å². The van der Waals surface area contributed by atoms with Gasteiger partial charge in [-0.15, -0.1) is 0 Å². The number of alkyl halides is 1. The molecule has 1 saturated heterocycles. The van der Waals surface area contributed by atoms with Gasteiger partial charge in [0.25, 0.3) is 0 Å². The molecule has 4 rings (SSSR count). The number of Topliss-reactive ketones (excluding diaryl/α,β-unsaturated/α-hetero) is 1. The van der Waals surface area contributed by atoms with Gasteiger partial charge < -0.3 is 9.47 Å². The second-order valence-corrected chi connectivity index (χ2v) is 8.34. The molecule has 4 nitrogen and oxygen atoms in total. The number of benzene rings is 2. The van der Waals surface area contributed by atoms with E-state index in [9.17, 15) is 9.18 Å². The summed E-state index contributed by atoms with van der Waals surface area (Å²) in [4.78, 5) is 15.1. The molecule has 1 heterocycles. The SMILES string of the molecule is COc1cc2c(c(F)c1OC)C(=O)C(CC1(F)CCN(Cc3ccccc3)CC1)C2. The Balaban J connectivity index is 1.42. The Morgan fingerprint density at radius 3 is 2.47 bits per heavy atom. The van der Waals surface area contributed by atoms with Crippen LogP contribution in [0.15, 0.2) is 36.4 Å². The first kappa shape index (κ1) is 20.8. The van der Waals surface area contributed by atoms with Gasteiger partial charge in [0.2, 0.25) is 0 Å².